The van der Waals surface area contributed by atoms with Crippen LogP contribution >= 0.6 is 0 Å². The highest BCUT2D eigenvalue weighted by Gasteiger charge is 2.30. The van der Waals surface area contributed by atoms with Gasteiger partial charge in [0.1, 0.15) is 6.10 Å². The molecule has 2 rings (SSSR count). The molecular formula is C17H20O3S. The lowest BCUT2D eigenvalue weighted by atomic mass is 10.0. The molecule has 0 spiro atoms. The van der Waals surface area contributed by atoms with Crippen LogP contribution in [0, 0.1) is 0 Å². The van der Waals surface area contributed by atoms with Crippen molar-refractivity contribution in [2.45, 2.75) is 36.5 Å². The van der Waals surface area contributed by atoms with Gasteiger partial charge in [-0.2, -0.15) is 0 Å². The van der Waals surface area contributed by atoms with E-state index in [1.807, 2.05) is 30.3 Å². The third kappa shape index (κ3) is 3.17. The fraction of sp³-hybridized carbons (Fsp3) is 0.294. The molecule has 1 atom stereocenters. The Balaban J connectivity index is 2.32. The van der Waals surface area contributed by atoms with Crippen LogP contribution in [0.2, 0.25) is 0 Å². The lowest BCUT2D eigenvalue weighted by Crippen LogP contribution is -2.27. The summed E-state index contributed by atoms with van der Waals surface area (Å²) in [6.07, 6.45) is -0.752. The smallest absolute Gasteiger partial charge is 0.183 e. The van der Waals surface area contributed by atoms with E-state index in [1.165, 1.54) is 0 Å². The van der Waals surface area contributed by atoms with Crippen LogP contribution in [-0.4, -0.2) is 18.3 Å². The van der Waals surface area contributed by atoms with Crippen LogP contribution in [0.5, 0.6) is 0 Å². The number of rotatable bonds is 3. The van der Waals surface area contributed by atoms with Crippen molar-refractivity contribution in [3.8, 4) is 0 Å². The molecule has 0 fully saturated rings. The highest BCUT2D eigenvalue weighted by atomic mass is 32.2. The molecule has 0 radical (unpaired) electrons. The summed E-state index contributed by atoms with van der Waals surface area (Å²) in [6.45, 7) is 5.03. The first-order valence-corrected chi connectivity index (χ1v) is 8.29. The predicted molar refractivity (Wildman–Crippen MR) is 83.9 cm³/mol. The molecule has 0 aliphatic carbocycles. The maximum absolute atomic E-state index is 12.3. The number of benzene rings is 2. The lowest BCUT2D eigenvalue weighted by Gasteiger charge is -2.19. The molecule has 0 saturated carbocycles. The van der Waals surface area contributed by atoms with Gasteiger partial charge in [-0.15, -0.1) is 0 Å². The standard InChI is InChI=1S/C17H20O3S/c1-17(2,3)21(19,20)15-11-9-14(10-12-15)16(18)13-7-5-4-6-8-13/h4-12,16,18H,1-3H3. The fourth-order valence-electron chi connectivity index (χ4n) is 2.01. The predicted octanol–water partition coefficient (Wildman–Crippen LogP) is 3.34. The molecule has 1 unspecified atom stereocenters. The van der Waals surface area contributed by atoms with E-state index in [2.05, 4.69) is 0 Å². The molecule has 2 aromatic rings. The topological polar surface area (TPSA) is 54.4 Å². The Hall–Kier alpha value is -1.65. The minimum atomic E-state index is -3.37. The van der Waals surface area contributed by atoms with Crippen molar-refractivity contribution in [3.63, 3.8) is 0 Å². The van der Waals surface area contributed by atoms with Gasteiger partial charge in [-0.25, -0.2) is 8.42 Å². The molecule has 4 heteroatoms. The molecule has 3 nitrogen and oxygen atoms in total. The normalized spacial score (nSPS) is 13.9. The first-order valence-electron chi connectivity index (χ1n) is 6.81. The van der Waals surface area contributed by atoms with Gasteiger partial charge in [0, 0.05) is 0 Å². The molecule has 0 bridgehead atoms. The summed E-state index contributed by atoms with van der Waals surface area (Å²) in [5.74, 6) is 0. The number of hydrogen-bond donors (Lipinski definition) is 1. The summed E-state index contributed by atoms with van der Waals surface area (Å²) < 4.78 is 23.8. The van der Waals surface area contributed by atoms with Crippen LogP contribution in [0.4, 0.5) is 0 Å². The molecule has 0 aromatic heterocycles. The average molecular weight is 304 g/mol. The monoisotopic (exact) mass is 304 g/mol. The Kier molecular flexibility index (Phi) is 4.21. The zero-order chi connectivity index (χ0) is 15.7. The summed E-state index contributed by atoms with van der Waals surface area (Å²) >= 11 is 0. The Bertz CT molecular complexity index is 696. The van der Waals surface area contributed by atoms with Gasteiger partial charge in [-0.05, 0) is 44.0 Å². The summed E-state index contributed by atoms with van der Waals surface area (Å²) in [5, 5.41) is 10.3. The van der Waals surface area contributed by atoms with E-state index in [0.717, 1.165) is 5.56 Å². The number of aliphatic hydroxyl groups excluding tert-OH is 1. The largest absolute Gasteiger partial charge is 0.384 e. The number of sulfone groups is 1. The van der Waals surface area contributed by atoms with Gasteiger partial charge in [0.05, 0.1) is 9.64 Å². The van der Waals surface area contributed by atoms with E-state index in [9.17, 15) is 13.5 Å². The summed E-state index contributed by atoms with van der Waals surface area (Å²) in [7, 11) is -3.37. The Morgan fingerprint density at radius 1 is 0.857 bits per heavy atom. The van der Waals surface area contributed by atoms with Crippen molar-refractivity contribution in [2.24, 2.45) is 0 Å². The van der Waals surface area contributed by atoms with Crippen LogP contribution in [0.1, 0.15) is 38.0 Å². The average Bonchev–Trinajstić information content (AvgIpc) is 2.46. The van der Waals surface area contributed by atoms with E-state index in [1.54, 1.807) is 45.0 Å². The molecule has 1 N–H and O–H groups in total. The molecule has 0 aliphatic rings. The van der Waals surface area contributed by atoms with Crippen LogP contribution in [-0.2, 0) is 9.84 Å². The molecule has 21 heavy (non-hydrogen) atoms. The van der Waals surface area contributed by atoms with Crippen LogP contribution in [0.25, 0.3) is 0 Å². The first kappa shape index (κ1) is 15.7. The van der Waals surface area contributed by atoms with Crippen molar-refractivity contribution >= 4 is 9.84 Å². The van der Waals surface area contributed by atoms with Crippen molar-refractivity contribution in [2.75, 3.05) is 0 Å². The molecule has 0 heterocycles. The second kappa shape index (κ2) is 5.62. The summed E-state index contributed by atoms with van der Waals surface area (Å²) in [5.41, 5.74) is 1.46. The van der Waals surface area contributed by atoms with E-state index in [0.29, 0.717) is 5.56 Å². The fourth-order valence-corrected chi connectivity index (χ4v) is 3.21. The van der Waals surface area contributed by atoms with E-state index in [4.69, 9.17) is 0 Å². The van der Waals surface area contributed by atoms with Crippen LogP contribution < -0.4 is 0 Å². The quantitative estimate of drug-likeness (QED) is 0.946. The van der Waals surface area contributed by atoms with Gasteiger partial charge < -0.3 is 5.11 Å². The van der Waals surface area contributed by atoms with E-state index >= 15 is 0 Å². The lowest BCUT2D eigenvalue weighted by molar-refractivity contribution is 0.220. The second-order valence-corrected chi connectivity index (χ2v) is 8.70. The SMILES string of the molecule is CC(C)(C)S(=O)(=O)c1ccc(C(O)c2ccccc2)cc1. The van der Waals surface area contributed by atoms with Gasteiger partial charge in [-0.3, -0.25) is 0 Å². The second-order valence-electron chi connectivity index (χ2n) is 6.00. The Morgan fingerprint density at radius 3 is 1.81 bits per heavy atom. The number of hydrogen-bond acceptors (Lipinski definition) is 3. The van der Waals surface area contributed by atoms with E-state index in [-0.39, 0.29) is 4.90 Å². The van der Waals surface area contributed by atoms with Gasteiger partial charge in [-0.1, -0.05) is 42.5 Å². The van der Waals surface area contributed by atoms with Crippen molar-refractivity contribution in [1.29, 1.82) is 0 Å². The van der Waals surface area contributed by atoms with Crippen LogP contribution in [0.15, 0.2) is 59.5 Å². The third-order valence-electron chi connectivity index (χ3n) is 3.43. The maximum Gasteiger partial charge on any atom is 0.183 e. The van der Waals surface area contributed by atoms with Crippen LogP contribution in [0.3, 0.4) is 0 Å². The van der Waals surface area contributed by atoms with Crippen molar-refractivity contribution in [1.82, 2.24) is 0 Å². The van der Waals surface area contributed by atoms with Gasteiger partial charge in [0.25, 0.3) is 0 Å². The zero-order valence-electron chi connectivity index (χ0n) is 12.4. The zero-order valence-corrected chi connectivity index (χ0v) is 13.3. The molecular weight excluding hydrogens is 284 g/mol. The maximum atomic E-state index is 12.3. The molecule has 0 amide bonds. The molecule has 0 saturated heterocycles. The highest BCUT2D eigenvalue weighted by Crippen LogP contribution is 2.27. The van der Waals surface area contributed by atoms with Gasteiger partial charge in [0.15, 0.2) is 9.84 Å². The van der Waals surface area contributed by atoms with E-state index < -0.39 is 20.7 Å². The molecule has 2 aromatic carbocycles. The molecule has 112 valence electrons. The van der Waals surface area contributed by atoms with Gasteiger partial charge in [0.2, 0.25) is 0 Å². The summed E-state index contributed by atoms with van der Waals surface area (Å²) in [6, 6.07) is 15.7. The summed E-state index contributed by atoms with van der Waals surface area (Å²) in [4.78, 5) is 0.277. The Labute approximate surface area is 126 Å². The van der Waals surface area contributed by atoms with Crippen molar-refractivity contribution in [3.05, 3.63) is 65.7 Å². The minimum Gasteiger partial charge on any atom is -0.384 e. The minimum absolute atomic E-state index is 0.277. The highest BCUT2D eigenvalue weighted by molar-refractivity contribution is 7.92. The number of aliphatic hydroxyl groups is 1. The first-order chi connectivity index (χ1) is 9.73. The van der Waals surface area contributed by atoms with Crippen molar-refractivity contribution < 1.29 is 13.5 Å². The van der Waals surface area contributed by atoms with Gasteiger partial charge >= 0.3 is 0 Å². The third-order valence-corrected chi connectivity index (χ3v) is 5.93. The molecule has 0 aliphatic heterocycles. The Morgan fingerprint density at radius 2 is 1.33 bits per heavy atom.